The van der Waals surface area contributed by atoms with Gasteiger partial charge in [-0.3, -0.25) is 5.01 Å². The van der Waals surface area contributed by atoms with E-state index in [2.05, 4.69) is 5.43 Å². The van der Waals surface area contributed by atoms with Crippen LogP contribution < -0.4 is 16.2 Å². The molecule has 25 heavy (non-hydrogen) atoms. The van der Waals surface area contributed by atoms with Crippen LogP contribution in [0.15, 0.2) is 42.5 Å². The Bertz CT molecular complexity index is 829. The molecule has 2 unspecified atom stereocenters. The molecule has 1 aliphatic heterocycles. The molecule has 2 atom stereocenters. The molecule has 1 aliphatic rings. The van der Waals surface area contributed by atoms with Gasteiger partial charge in [0.05, 0.1) is 5.69 Å². The standard InChI is InChI=1S/C17H15Cl2N3O3/c18-10-6-12(19)15-11(9-4-2-1-3-5-9)8-14(16(23)24)22(13(15)7-10)21-17(20)25/h1-7,11,14H,8H2,(H,23,24)(H3,20,21,25). The number of benzene rings is 2. The maximum atomic E-state index is 11.8. The van der Waals surface area contributed by atoms with Crippen molar-refractivity contribution in [3.05, 3.63) is 63.6 Å². The summed E-state index contributed by atoms with van der Waals surface area (Å²) in [6.07, 6.45) is 0.216. The molecule has 0 aromatic heterocycles. The maximum Gasteiger partial charge on any atom is 0.331 e. The molecule has 0 fully saturated rings. The Balaban J connectivity index is 2.21. The van der Waals surface area contributed by atoms with Crippen LogP contribution in [0.2, 0.25) is 10.0 Å². The van der Waals surface area contributed by atoms with Crippen molar-refractivity contribution < 1.29 is 14.7 Å². The van der Waals surface area contributed by atoms with Crippen LogP contribution in [0.4, 0.5) is 10.5 Å². The lowest BCUT2D eigenvalue weighted by Gasteiger charge is -2.40. The summed E-state index contributed by atoms with van der Waals surface area (Å²) in [6.45, 7) is 0. The van der Waals surface area contributed by atoms with Gasteiger partial charge in [0.15, 0.2) is 0 Å². The second-order valence-electron chi connectivity index (χ2n) is 5.72. The Labute approximate surface area is 154 Å². The minimum atomic E-state index is -1.09. The topological polar surface area (TPSA) is 95.7 Å². The van der Waals surface area contributed by atoms with E-state index >= 15 is 0 Å². The first-order valence-electron chi connectivity index (χ1n) is 7.50. The number of hydrazine groups is 1. The first-order valence-corrected chi connectivity index (χ1v) is 8.26. The highest BCUT2D eigenvalue weighted by Crippen LogP contribution is 2.46. The fraction of sp³-hybridized carbons (Fsp3) is 0.176. The van der Waals surface area contributed by atoms with Crippen LogP contribution in [0.1, 0.15) is 23.5 Å². The highest BCUT2D eigenvalue weighted by molar-refractivity contribution is 6.35. The van der Waals surface area contributed by atoms with Crippen molar-refractivity contribution in [3.8, 4) is 0 Å². The van der Waals surface area contributed by atoms with Crippen LogP contribution in [0, 0.1) is 0 Å². The molecule has 0 aliphatic carbocycles. The minimum absolute atomic E-state index is 0.216. The second-order valence-corrected chi connectivity index (χ2v) is 6.56. The maximum absolute atomic E-state index is 11.8. The number of carbonyl (C=O) groups is 2. The monoisotopic (exact) mass is 379 g/mol. The number of nitrogens with two attached hydrogens (primary N) is 1. The van der Waals surface area contributed by atoms with E-state index in [1.54, 1.807) is 12.1 Å². The molecule has 1 heterocycles. The summed E-state index contributed by atoms with van der Waals surface area (Å²) in [5, 5.41) is 11.6. The summed E-state index contributed by atoms with van der Waals surface area (Å²) in [7, 11) is 0. The van der Waals surface area contributed by atoms with E-state index in [-0.39, 0.29) is 12.3 Å². The number of amides is 2. The zero-order valence-electron chi connectivity index (χ0n) is 12.9. The van der Waals surface area contributed by atoms with Gasteiger partial charge in [-0.05, 0) is 24.1 Å². The third-order valence-electron chi connectivity index (χ3n) is 4.17. The number of carboxylic acid groups (broad SMARTS) is 1. The summed E-state index contributed by atoms with van der Waals surface area (Å²) in [6, 6.07) is 10.7. The Hall–Kier alpha value is -2.44. The number of rotatable bonds is 3. The number of urea groups is 1. The minimum Gasteiger partial charge on any atom is -0.480 e. The Kier molecular flexibility index (Phi) is 4.74. The Morgan fingerprint density at radius 3 is 2.48 bits per heavy atom. The van der Waals surface area contributed by atoms with E-state index in [1.807, 2.05) is 30.3 Å². The summed E-state index contributed by atoms with van der Waals surface area (Å²) in [4.78, 5) is 23.2. The molecule has 0 bridgehead atoms. The van der Waals surface area contributed by atoms with E-state index in [9.17, 15) is 14.7 Å². The molecule has 0 saturated carbocycles. The zero-order valence-corrected chi connectivity index (χ0v) is 14.5. The Morgan fingerprint density at radius 1 is 1.20 bits per heavy atom. The molecule has 3 rings (SSSR count). The number of nitrogens with zero attached hydrogens (tertiary/aromatic N) is 1. The van der Waals surface area contributed by atoms with Gasteiger partial charge in [0.1, 0.15) is 6.04 Å². The van der Waals surface area contributed by atoms with Gasteiger partial charge in [-0.25, -0.2) is 15.0 Å². The second kappa shape index (κ2) is 6.82. The number of aliphatic carboxylic acids is 1. The largest absolute Gasteiger partial charge is 0.480 e. The normalized spacial score (nSPS) is 19.2. The summed E-state index contributed by atoms with van der Waals surface area (Å²) in [5.74, 6) is -1.34. The number of nitrogens with one attached hydrogen (secondary N) is 1. The number of carbonyl (C=O) groups excluding carboxylic acids is 1. The molecule has 0 radical (unpaired) electrons. The molecular formula is C17H15Cl2N3O3. The zero-order chi connectivity index (χ0) is 18.1. The Morgan fingerprint density at radius 2 is 1.88 bits per heavy atom. The molecule has 8 heteroatoms. The molecule has 130 valence electrons. The fourth-order valence-corrected chi connectivity index (χ4v) is 3.80. The van der Waals surface area contributed by atoms with Gasteiger partial charge in [-0.1, -0.05) is 53.5 Å². The summed E-state index contributed by atoms with van der Waals surface area (Å²) >= 11 is 12.5. The summed E-state index contributed by atoms with van der Waals surface area (Å²) in [5.41, 5.74) is 9.63. The van der Waals surface area contributed by atoms with Crippen LogP contribution in [-0.2, 0) is 4.79 Å². The van der Waals surface area contributed by atoms with Gasteiger partial charge in [-0.2, -0.15) is 0 Å². The van der Waals surface area contributed by atoms with E-state index in [4.69, 9.17) is 28.9 Å². The predicted molar refractivity (Wildman–Crippen MR) is 96.0 cm³/mol. The molecule has 4 N–H and O–H groups in total. The molecule has 2 amide bonds. The van der Waals surface area contributed by atoms with Crippen molar-refractivity contribution in [1.29, 1.82) is 0 Å². The average molecular weight is 380 g/mol. The van der Waals surface area contributed by atoms with E-state index in [0.717, 1.165) is 5.56 Å². The number of halogens is 2. The highest BCUT2D eigenvalue weighted by Gasteiger charge is 2.39. The van der Waals surface area contributed by atoms with Crippen LogP contribution in [0.3, 0.4) is 0 Å². The van der Waals surface area contributed by atoms with Crippen LogP contribution in [0.25, 0.3) is 0 Å². The van der Waals surface area contributed by atoms with Gasteiger partial charge >= 0.3 is 12.0 Å². The lowest BCUT2D eigenvalue weighted by molar-refractivity contribution is -0.139. The van der Waals surface area contributed by atoms with E-state index in [1.165, 1.54) is 5.01 Å². The highest BCUT2D eigenvalue weighted by atomic mass is 35.5. The molecule has 6 nitrogen and oxygen atoms in total. The number of primary amides is 1. The third kappa shape index (κ3) is 3.36. The molecule has 0 saturated heterocycles. The van der Waals surface area contributed by atoms with Gasteiger partial charge in [0.2, 0.25) is 0 Å². The van der Waals surface area contributed by atoms with Crippen molar-refractivity contribution in [2.24, 2.45) is 5.73 Å². The molecule has 0 spiro atoms. The van der Waals surface area contributed by atoms with E-state index in [0.29, 0.717) is 21.3 Å². The molecule has 2 aromatic rings. The summed E-state index contributed by atoms with van der Waals surface area (Å²) < 4.78 is 0. The van der Waals surface area contributed by atoms with Gasteiger partial charge < -0.3 is 10.8 Å². The van der Waals surface area contributed by atoms with Crippen molar-refractivity contribution in [3.63, 3.8) is 0 Å². The SMILES string of the molecule is NC(=O)NN1c2cc(Cl)cc(Cl)c2C(c2ccccc2)CC1C(=O)O. The lowest BCUT2D eigenvalue weighted by atomic mass is 9.81. The van der Waals surface area contributed by atoms with Crippen molar-refractivity contribution >= 4 is 40.9 Å². The number of fused-ring (bicyclic) bond motifs is 1. The molecule has 2 aromatic carbocycles. The van der Waals surface area contributed by atoms with E-state index < -0.39 is 18.0 Å². The van der Waals surface area contributed by atoms with Crippen molar-refractivity contribution in [2.75, 3.05) is 5.01 Å². The van der Waals surface area contributed by atoms with Crippen LogP contribution in [-0.4, -0.2) is 23.1 Å². The average Bonchev–Trinajstić information content (AvgIpc) is 2.55. The predicted octanol–water partition coefficient (Wildman–Crippen LogP) is 3.37. The first-order chi connectivity index (χ1) is 11.9. The molecular weight excluding hydrogens is 365 g/mol. The van der Waals surface area contributed by atoms with Gasteiger partial charge in [-0.15, -0.1) is 0 Å². The number of anilines is 1. The fourth-order valence-electron chi connectivity index (χ4n) is 3.19. The number of hydrogen-bond acceptors (Lipinski definition) is 3. The number of carboxylic acids is 1. The van der Waals surface area contributed by atoms with Crippen LogP contribution in [0.5, 0.6) is 0 Å². The quantitative estimate of drug-likeness (QED) is 0.761. The number of hydrogen-bond donors (Lipinski definition) is 3. The lowest BCUT2D eigenvalue weighted by Crippen LogP contribution is -2.56. The van der Waals surface area contributed by atoms with Crippen molar-refractivity contribution in [2.45, 2.75) is 18.4 Å². The van der Waals surface area contributed by atoms with Gasteiger partial charge in [0, 0.05) is 21.5 Å². The first kappa shape index (κ1) is 17.4. The van der Waals surface area contributed by atoms with Gasteiger partial charge in [0.25, 0.3) is 0 Å². The van der Waals surface area contributed by atoms with Crippen LogP contribution >= 0.6 is 23.2 Å². The smallest absolute Gasteiger partial charge is 0.331 e. The third-order valence-corrected chi connectivity index (χ3v) is 4.70. The van der Waals surface area contributed by atoms with Crippen molar-refractivity contribution in [1.82, 2.24) is 5.43 Å².